The average Bonchev–Trinajstić information content (AvgIpc) is 2.51. The molecule has 24 heavy (non-hydrogen) atoms. The topological polar surface area (TPSA) is 74.8 Å². The molecule has 0 N–H and O–H groups in total. The number of anilines is 1. The molecule has 0 unspecified atom stereocenters. The zero-order valence-corrected chi connectivity index (χ0v) is 15.6. The molecule has 0 radical (unpaired) electrons. The van der Waals surface area contributed by atoms with E-state index in [0.717, 1.165) is 19.1 Å². The number of amides is 1. The third kappa shape index (κ3) is 5.96. The Labute approximate surface area is 144 Å². The summed E-state index contributed by atoms with van der Waals surface area (Å²) in [6.45, 7) is 4.25. The summed E-state index contributed by atoms with van der Waals surface area (Å²) in [6.07, 6.45) is 3.14. The van der Waals surface area contributed by atoms with Gasteiger partial charge in [-0.1, -0.05) is 13.3 Å². The molecular weight excluding hydrogens is 328 g/mol. The first-order valence-electron chi connectivity index (χ1n) is 7.99. The highest BCUT2D eigenvalue weighted by Crippen LogP contribution is 2.19. The number of hydrogen-bond donors (Lipinski definition) is 0. The molecule has 0 aliphatic carbocycles. The third-order valence-electron chi connectivity index (χ3n) is 3.76. The first-order valence-corrected chi connectivity index (χ1v) is 9.84. The molecule has 0 fully saturated rings. The summed E-state index contributed by atoms with van der Waals surface area (Å²) in [5, 5.41) is 0. The molecular formula is C17H26N2O4S. The van der Waals surface area contributed by atoms with Crippen LogP contribution in [-0.2, 0) is 14.8 Å². The average molecular weight is 354 g/mol. The number of Topliss-reactive ketones (excluding diaryl/α,β-unsaturated/α-hetero) is 1. The van der Waals surface area contributed by atoms with Gasteiger partial charge < -0.3 is 4.90 Å². The number of sulfonamides is 1. The van der Waals surface area contributed by atoms with E-state index >= 15 is 0 Å². The van der Waals surface area contributed by atoms with Crippen molar-refractivity contribution in [3.8, 4) is 0 Å². The summed E-state index contributed by atoms with van der Waals surface area (Å²) < 4.78 is 25.3. The normalized spacial score (nSPS) is 11.2. The molecule has 1 aromatic carbocycles. The van der Waals surface area contributed by atoms with Gasteiger partial charge in [-0.2, -0.15) is 0 Å². The Morgan fingerprint density at radius 3 is 2.12 bits per heavy atom. The minimum Gasteiger partial charge on any atom is -0.346 e. The van der Waals surface area contributed by atoms with Crippen molar-refractivity contribution in [3.05, 3.63) is 29.8 Å². The molecule has 0 spiro atoms. The fourth-order valence-corrected chi connectivity index (χ4v) is 3.18. The minimum atomic E-state index is -3.51. The molecule has 134 valence electrons. The Balaban J connectivity index is 2.84. The van der Waals surface area contributed by atoms with Crippen LogP contribution in [0.1, 0.15) is 43.5 Å². The summed E-state index contributed by atoms with van der Waals surface area (Å²) in [7, 11) is -1.79. The molecule has 0 saturated carbocycles. The van der Waals surface area contributed by atoms with Crippen molar-refractivity contribution < 1.29 is 18.0 Å². The van der Waals surface area contributed by atoms with Crippen LogP contribution in [0.2, 0.25) is 0 Å². The molecule has 0 aliphatic heterocycles. The maximum atomic E-state index is 12.1. The summed E-state index contributed by atoms with van der Waals surface area (Å²) in [5.41, 5.74) is 0.967. The van der Waals surface area contributed by atoms with Crippen LogP contribution in [0.5, 0.6) is 0 Å². The summed E-state index contributed by atoms with van der Waals surface area (Å²) in [4.78, 5) is 25.1. The molecule has 0 aromatic heterocycles. The van der Waals surface area contributed by atoms with E-state index in [1.165, 1.54) is 11.2 Å². The van der Waals surface area contributed by atoms with Crippen LogP contribution in [0.3, 0.4) is 0 Å². The van der Waals surface area contributed by atoms with E-state index in [4.69, 9.17) is 0 Å². The van der Waals surface area contributed by atoms with Gasteiger partial charge in [-0.25, -0.2) is 8.42 Å². The standard InChI is InChI=1S/C17H26N2O4S/c1-5-6-12-18(3)17(21)11-13-19(24(4,22)23)16-9-7-15(8-10-16)14(2)20/h7-10H,5-6,11-13H2,1-4H3. The smallest absolute Gasteiger partial charge is 0.232 e. The molecule has 0 bridgehead atoms. The highest BCUT2D eigenvalue weighted by molar-refractivity contribution is 7.92. The Morgan fingerprint density at radius 2 is 1.67 bits per heavy atom. The van der Waals surface area contributed by atoms with Crippen molar-refractivity contribution in [2.45, 2.75) is 33.1 Å². The van der Waals surface area contributed by atoms with Crippen LogP contribution < -0.4 is 4.31 Å². The predicted octanol–water partition coefficient (Wildman–Crippen LogP) is 2.30. The Kier molecular flexibility index (Phi) is 7.41. The number of rotatable bonds is 9. The lowest BCUT2D eigenvalue weighted by atomic mass is 10.1. The largest absolute Gasteiger partial charge is 0.346 e. The fraction of sp³-hybridized carbons (Fsp3) is 0.529. The van der Waals surface area contributed by atoms with E-state index in [1.807, 2.05) is 0 Å². The van der Waals surface area contributed by atoms with Gasteiger partial charge in [0.05, 0.1) is 11.9 Å². The summed E-state index contributed by atoms with van der Waals surface area (Å²) in [5.74, 6) is -0.169. The number of hydrogen-bond acceptors (Lipinski definition) is 4. The van der Waals surface area contributed by atoms with Crippen LogP contribution >= 0.6 is 0 Å². The van der Waals surface area contributed by atoms with Gasteiger partial charge in [-0.15, -0.1) is 0 Å². The highest BCUT2D eigenvalue weighted by Gasteiger charge is 2.20. The van der Waals surface area contributed by atoms with Crippen molar-refractivity contribution in [1.82, 2.24) is 4.90 Å². The third-order valence-corrected chi connectivity index (χ3v) is 4.96. The zero-order valence-electron chi connectivity index (χ0n) is 14.8. The van der Waals surface area contributed by atoms with E-state index in [0.29, 0.717) is 17.8 Å². The van der Waals surface area contributed by atoms with E-state index in [-0.39, 0.29) is 24.7 Å². The number of unbranched alkanes of at least 4 members (excludes halogenated alkanes) is 1. The summed E-state index contributed by atoms with van der Waals surface area (Å²) >= 11 is 0. The second-order valence-corrected chi connectivity index (χ2v) is 7.76. The van der Waals surface area contributed by atoms with E-state index < -0.39 is 10.0 Å². The van der Waals surface area contributed by atoms with Crippen molar-refractivity contribution in [3.63, 3.8) is 0 Å². The van der Waals surface area contributed by atoms with Crippen LogP contribution in [0.15, 0.2) is 24.3 Å². The molecule has 0 heterocycles. The molecule has 0 aliphatic rings. The molecule has 1 aromatic rings. The summed E-state index contributed by atoms with van der Waals surface area (Å²) in [6, 6.07) is 6.35. The van der Waals surface area contributed by atoms with Crippen molar-refractivity contribution in [2.24, 2.45) is 0 Å². The second-order valence-electron chi connectivity index (χ2n) is 5.86. The molecule has 6 nitrogen and oxygen atoms in total. The van der Waals surface area contributed by atoms with E-state index in [9.17, 15) is 18.0 Å². The maximum absolute atomic E-state index is 12.1. The second kappa shape index (κ2) is 8.82. The Morgan fingerprint density at radius 1 is 1.08 bits per heavy atom. The Bertz CT molecular complexity index is 668. The molecule has 1 rings (SSSR count). The van der Waals surface area contributed by atoms with E-state index in [2.05, 4.69) is 6.92 Å². The van der Waals surface area contributed by atoms with E-state index in [1.54, 1.807) is 36.2 Å². The monoisotopic (exact) mass is 354 g/mol. The number of ketones is 1. The first kappa shape index (κ1) is 20.2. The van der Waals surface area contributed by atoms with Crippen molar-refractivity contribution in [1.29, 1.82) is 0 Å². The fourth-order valence-electron chi connectivity index (χ4n) is 2.26. The van der Waals surface area contributed by atoms with Crippen LogP contribution in [0, 0.1) is 0 Å². The number of carbonyl (C=O) groups is 2. The van der Waals surface area contributed by atoms with Gasteiger partial charge in [-0.05, 0) is 37.6 Å². The van der Waals surface area contributed by atoms with Crippen LogP contribution in [0.25, 0.3) is 0 Å². The van der Waals surface area contributed by atoms with Gasteiger partial charge in [-0.3, -0.25) is 13.9 Å². The van der Waals surface area contributed by atoms with Gasteiger partial charge in [0.25, 0.3) is 0 Å². The van der Waals surface area contributed by atoms with Gasteiger partial charge in [0.15, 0.2) is 5.78 Å². The molecule has 0 saturated heterocycles. The van der Waals surface area contributed by atoms with Gasteiger partial charge in [0, 0.05) is 32.1 Å². The zero-order chi connectivity index (χ0) is 18.3. The number of carbonyl (C=O) groups excluding carboxylic acids is 2. The minimum absolute atomic E-state index is 0.0769. The van der Waals surface area contributed by atoms with Crippen molar-refractivity contribution in [2.75, 3.05) is 30.7 Å². The number of nitrogens with zero attached hydrogens (tertiary/aromatic N) is 2. The van der Waals surface area contributed by atoms with Gasteiger partial charge in [0.2, 0.25) is 15.9 Å². The predicted molar refractivity (Wildman–Crippen MR) is 95.8 cm³/mol. The SMILES string of the molecule is CCCCN(C)C(=O)CCN(c1ccc(C(C)=O)cc1)S(C)(=O)=O. The first-order chi connectivity index (χ1) is 11.2. The number of benzene rings is 1. The molecule has 7 heteroatoms. The lowest BCUT2D eigenvalue weighted by Gasteiger charge is -2.24. The lowest BCUT2D eigenvalue weighted by molar-refractivity contribution is -0.129. The molecule has 0 atom stereocenters. The maximum Gasteiger partial charge on any atom is 0.232 e. The molecule has 1 amide bonds. The van der Waals surface area contributed by atoms with Crippen LogP contribution in [-0.4, -0.2) is 51.4 Å². The highest BCUT2D eigenvalue weighted by atomic mass is 32.2. The quantitative estimate of drug-likeness (QED) is 0.638. The Hall–Kier alpha value is -1.89. The van der Waals surface area contributed by atoms with Gasteiger partial charge >= 0.3 is 0 Å². The van der Waals surface area contributed by atoms with Crippen molar-refractivity contribution >= 4 is 27.4 Å². The lowest BCUT2D eigenvalue weighted by Crippen LogP contribution is -2.35. The van der Waals surface area contributed by atoms with Gasteiger partial charge in [0.1, 0.15) is 0 Å². The van der Waals surface area contributed by atoms with Crippen LogP contribution in [0.4, 0.5) is 5.69 Å².